The number of ether oxygens (including phenoxy) is 1. The molecule has 0 aliphatic carbocycles. The minimum Gasteiger partial charge on any atom is -0.383 e. The van der Waals surface area contributed by atoms with Gasteiger partial charge in [-0.2, -0.15) is 10.4 Å². The van der Waals surface area contributed by atoms with Crippen LogP contribution in [-0.2, 0) is 11.3 Å². The molecule has 1 aromatic rings. The largest absolute Gasteiger partial charge is 0.383 e. The van der Waals surface area contributed by atoms with Crippen LogP contribution < -0.4 is 0 Å². The Hall–Kier alpha value is -1.38. The zero-order chi connectivity index (χ0) is 11.6. The van der Waals surface area contributed by atoms with Crippen LogP contribution in [0.4, 0.5) is 0 Å². The summed E-state index contributed by atoms with van der Waals surface area (Å²) in [5.74, 6) is 0. The third kappa shape index (κ3) is 4.91. The van der Waals surface area contributed by atoms with Crippen molar-refractivity contribution in [3.05, 3.63) is 18.5 Å². The standard InChI is InChI=1S/C11H18N4O/c1-16-11-10-14(6-2-4-12)8-9-15-7-3-5-13-15/h3,5,7H,2,6,8-11H2,1H3. The molecule has 0 aromatic carbocycles. The number of nitriles is 1. The van der Waals surface area contributed by atoms with Gasteiger partial charge in [-0.1, -0.05) is 0 Å². The maximum absolute atomic E-state index is 8.57. The molecular formula is C11H18N4O. The van der Waals surface area contributed by atoms with Crippen molar-refractivity contribution >= 4 is 0 Å². The van der Waals surface area contributed by atoms with Crippen molar-refractivity contribution in [3.63, 3.8) is 0 Å². The highest BCUT2D eigenvalue weighted by molar-refractivity contribution is 4.78. The van der Waals surface area contributed by atoms with E-state index in [0.29, 0.717) is 13.0 Å². The van der Waals surface area contributed by atoms with Crippen molar-refractivity contribution in [2.75, 3.05) is 33.4 Å². The Morgan fingerprint density at radius 1 is 1.44 bits per heavy atom. The van der Waals surface area contributed by atoms with Crippen molar-refractivity contribution in [1.82, 2.24) is 14.7 Å². The second-order valence-electron chi connectivity index (χ2n) is 3.51. The quantitative estimate of drug-likeness (QED) is 0.651. The Bertz CT molecular complexity index is 304. The van der Waals surface area contributed by atoms with Crippen LogP contribution in [0.3, 0.4) is 0 Å². The molecule has 0 aliphatic rings. The second kappa shape index (κ2) is 7.85. The van der Waals surface area contributed by atoms with Gasteiger partial charge >= 0.3 is 0 Å². The van der Waals surface area contributed by atoms with E-state index in [-0.39, 0.29) is 0 Å². The highest BCUT2D eigenvalue weighted by atomic mass is 16.5. The molecule has 0 saturated carbocycles. The van der Waals surface area contributed by atoms with E-state index in [1.807, 2.05) is 16.9 Å². The van der Waals surface area contributed by atoms with Crippen LogP contribution in [0.1, 0.15) is 6.42 Å². The van der Waals surface area contributed by atoms with Gasteiger partial charge in [0.05, 0.1) is 19.2 Å². The van der Waals surface area contributed by atoms with E-state index in [1.165, 1.54) is 0 Å². The van der Waals surface area contributed by atoms with Crippen LogP contribution in [-0.4, -0.2) is 48.0 Å². The van der Waals surface area contributed by atoms with Gasteiger partial charge in [-0.15, -0.1) is 0 Å². The van der Waals surface area contributed by atoms with E-state index in [1.54, 1.807) is 13.3 Å². The topological polar surface area (TPSA) is 54.1 Å². The predicted molar refractivity (Wildman–Crippen MR) is 60.8 cm³/mol. The molecule has 1 heterocycles. The third-order valence-electron chi connectivity index (χ3n) is 2.36. The lowest BCUT2D eigenvalue weighted by Gasteiger charge is -2.20. The molecule has 88 valence electrons. The molecule has 0 spiro atoms. The second-order valence-corrected chi connectivity index (χ2v) is 3.51. The summed E-state index contributed by atoms with van der Waals surface area (Å²) in [5, 5.41) is 12.7. The average Bonchev–Trinajstić information content (AvgIpc) is 2.81. The summed E-state index contributed by atoms with van der Waals surface area (Å²) in [6, 6.07) is 4.07. The van der Waals surface area contributed by atoms with E-state index in [0.717, 1.165) is 26.2 Å². The molecule has 5 nitrogen and oxygen atoms in total. The van der Waals surface area contributed by atoms with E-state index >= 15 is 0 Å². The van der Waals surface area contributed by atoms with Gasteiger partial charge in [-0.3, -0.25) is 9.58 Å². The van der Waals surface area contributed by atoms with Gasteiger partial charge in [0.1, 0.15) is 0 Å². The van der Waals surface area contributed by atoms with E-state index < -0.39 is 0 Å². The monoisotopic (exact) mass is 222 g/mol. The normalized spacial score (nSPS) is 10.6. The molecule has 0 N–H and O–H groups in total. The number of hydrogen-bond acceptors (Lipinski definition) is 4. The van der Waals surface area contributed by atoms with Crippen molar-refractivity contribution in [2.24, 2.45) is 0 Å². The Kier molecular flexibility index (Phi) is 6.23. The molecule has 0 saturated heterocycles. The Labute approximate surface area is 96.2 Å². The number of nitrogens with zero attached hydrogens (tertiary/aromatic N) is 4. The molecule has 0 aliphatic heterocycles. The average molecular weight is 222 g/mol. The van der Waals surface area contributed by atoms with Crippen LogP contribution in [0.5, 0.6) is 0 Å². The first-order chi connectivity index (χ1) is 7.86. The minimum atomic E-state index is 0.558. The van der Waals surface area contributed by atoms with Crippen LogP contribution in [0.25, 0.3) is 0 Å². The molecule has 0 atom stereocenters. The fourth-order valence-electron chi connectivity index (χ4n) is 1.44. The lowest BCUT2D eigenvalue weighted by atomic mass is 10.4. The van der Waals surface area contributed by atoms with Crippen molar-refractivity contribution in [2.45, 2.75) is 13.0 Å². The van der Waals surface area contributed by atoms with E-state index in [2.05, 4.69) is 16.1 Å². The highest BCUT2D eigenvalue weighted by Gasteiger charge is 2.04. The predicted octanol–water partition coefficient (Wildman–Crippen LogP) is 0.745. The van der Waals surface area contributed by atoms with E-state index in [9.17, 15) is 0 Å². The number of hydrogen-bond donors (Lipinski definition) is 0. The van der Waals surface area contributed by atoms with Crippen molar-refractivity contribution in [3.8, 4) is 6.07 Å². The smallest absolute Gasteiger partial charge is 0.0635 e. The third-order valence-corrected chi connectivity index (χ3v) is 2.36. The molecule has 0 unspecified atom stereocenters. The molecule has 1 aromatic heterocycles. The first-order valence-corrected chi connectivity index (χ1v) is 5.42. The fourth-order valence-corrected chi connectivity index (χ4v) is 1.44. The molecule has 0 radical (unpaired) electrons. The van der Waals surface area contributed by atoms with Gasteiger partial charge in [0.25, 0.3) is 0 Å². The van der Waals surface area contributed by atoms with Crippen LogP contribution >= 0.6 is 0 Å². The summed E-state index contributed by atoms with van der Waals surface area (Å²) in [6.45, 7) is 4.10. The first kappa shape index (κ1) is 12.7. The molecule has 16 heavy (non-hydrogen) atoms. The van der Waals surface area contributed by atoms with Gasteiger partial charge in [0, 0.05) is 45.6 Å². The lowest BCUT2D eigenvalue weighted by Crippen LogP contribution is -2.31. The van der Waals surface area contributed by atoms with Gasteiger partial charge < -0.3 is 4.74 Å². The maximum atomic E-state index is 8.57. The van der Waals surface area contributed by atoms with Gasteiger partial charge in [0.2, 0.25) is 0 Å². The number of methoxy groups -OCH3 is 1. The van der Waals surface area contributed by atoms with Crippen LogP contribution in [0.15, 0.2) is 18.5 Å². The summed E-state index contributed by atoms with van der Waals surface area (Å²) in [7, 11) is 1.69. The number of aromatic nitrogens is 2. The van der Waals surface area contributed by atoms with Crippen LogP contribution in [0, 0.1) is 11.3 Å². The molecule has 0 amide bonds. The van der Waals surface area contributed by atoms with Gasteiger partial charge in [-0.25, -0.2) is 0 Å². The molecule has 1 rings (SSSR count). The summed E-state index contributed by atoms with van der Waals surface area (Å²) in [5.41, 5.74) is 0. The maximum Gasteiger partial charge on any atom is 0.0635 e. The van der Waals surface area contributed by atoms with Crippen molar-refractivity contribution < 1.29 is 4.74 Å². The molecular weight excluding hydrogens is 204 g/mol. The Morgan fingerprint density at radius 3 is 2.94 bits per heavy atom. The summed E-state index contributed by atoms with van der Waals surface area (Å²) >= 11 is 0. The minimum absolute atomic E-state index is 0.558. The zero-order valence-electron chi connectivity index (χ0n) is 9.67. The molecule has 0 fully saturated rings. The summed E-state index contributed by atoms with van der Waals surface area (Å²) in [6.07, 6.45) is 4.27. The highest BCUT2D eigenvalue weighted by Crippen LogP contribution is 1.94. The molecule has 5 heteroatoms. The summed E-state index contributed by atoms with van der Waals surface area (Å²) < 4.78 is 6.94. The SMILES string of the molecule is COCCN(CCC#N)CCn1cccn1. The Morgan fingerprint density at radius 2 is 2.31 bits per heavy atom. The molecule has 0 bridgehead atoms. The fraction of sp³-hybridized carbons (Fsp3) is 0.636. The van der Waals surface area contributed by atoms with Crippen LogP contribution in [0.2, 0.25) is 0 Å². The summed E-state index contributed by atoms with van der Waals surface area (Å²) in [4.78, 5) is 2.22. The van der Waals surface area contributed by atoms with Crippen molar-refractivity contribution in [1.29, 1.82) is 5.26 Å². The van der Waals surface area contributed by atoms with Gasteiger partial charge in [-0.05, 0) is 6.07 Å². The zero-order valence-corrected chi connectivity index (χ0v) is 9.67. The number of rotatable bonds is 8. The van der Waals surface area contributed by atoms with Gasteiger partial charge in [0.15, 0.2) is 0 Å². The van der Waals surface area contributed by atoms with E-state index in [4.69, 9.17) is 10.00 Å². The lowest BCUT2D eigenvalue weighted by molar-refractivity contribution is 0.146. The first-order valence-electron chi connectivity index (χ1n) is 5.42. The Balaban J connectivity index is 2.28.